The van der Waals surface area contributed by atoms with Crippen LogP contribution >= 0.6 is 0 Å². The number of aromatic nitrogens is 1. The number of nitriles is 1. The monoisotopic (exact) mass is 388 g/mol. The van der Waals surface area contributed by atoms with Crippen molar-refractivity contribution in [3.05, 3.63) is 65.9 Å². The molecule has 1 amide bonds. The summed E-state index contributed by atoms with van der Waals surface area (Å²) in [6, 6.07) is 18.7. The van der Waals surface area contributed by atoms with E-state index in [2.05, 4.69) is 11.1 Å². The van der Waals surface area contributed by atoms with Crippen molar-refractivity contribution in [2.75, 3.05) is 38.2 Å². The van der Waals surface area contributed by atoms with Crippen LogP contribution in [0.3, 0.4) is 0 Å². The van der Waals surface area contributed by atoms with E-state index in [9.17, 15) is 10.1 Å². The maximum absolute atomic E-state index is 12.8. The number of oxazole rings is 1. The molecule has 0 unspecified atom stereocenters. The summed E-state index contributed by atoms with van der Waals surface area (Å²) in [4.78, 5) is 20.9. The van der Waals surface area contributed by atoms with Crippen molar-refractivity contribution in [3.8, 4) is 23.3 Å². The van der Waals surface area contributed by atoms with Gasteiger partial charge in [0.15, 0.2) is 0 Å². The molecule has 0 bridgehead atoms. The van der Waals surface area contributed by atoms with Gasteiger partial charge in [-0.05, 0) is 30.3 Å². The van der Waals surface area contributed by atoms with Crippen LogP contribution in [-0.4, -0.2) is 49.1 Å². The third kappa shape index (κ3) is 3.78. The number of amides is 1. The van der Waals surface area contributed by atoms with E-state index in [1.165, 1.54) is 0 Å². The van der Waals surface area contributed by atoms with Gasteiger partial charge in [0.25, 0.3) is 5.91 Å². The largest absolute Gasteiger partial charge is 0.497 e. The molecule has 7 heteroatoms. The molecule has 0 radical (unpaired) electrons. The fraction of sp³-hybridized carbons (Fsp3) is 0.227. The average Bonchev–Trinajstić information content (AvgIpc) is 3.24. The maximum Gasteiger partial charge on any atom is 0.254 e. The van der Waals surface area contributed by atoms with Gasteiger partial charge in [-0.3, -0.25) is 4.79 Å². The Bertz CT molecular complexity index is 1050. The number of carbonyl (C=O) groups is 1. The minimum Gasteiger partial charge on any atom is -0.497 e. The Kier molecular flexibility index (Phi) is 5.16. The standard InChI is InChI=1S/C22H20N4O3/c1-28-18-9-5-8-17(14-18)21(27)25-10-12-26(13-11-25)22-19(15-23)24-20(29-22)16-6-3-2-4-7-16/h2-9,14H,10-13H2,1H3. The van der Waals surface area contributed by atoms with Crippen LogP contribution in [0.5, 0.6) is 5.75 Å². The molecule has 0 atom stereocenters. The Labute approximate surface area is 168 Å². The zero-order valence-electron chi connectivity index (χ0n) is 16.0. The van der Waals surface area contributed by atoms with E-state index in [4.69, 9.17) is 9.15 Å². The minimum atomic E-state index is -0.0356. The van der Waals surface area contributed by atoms with E-state index in [0.29, 0.717) is 49.3 Å². The van der Waals surface area contributed by atoms with Crippen molar-refractivity contribution in [3.63, 3.8) is 0 Å². The Balaban J connectivity index is 1.48. The molecule has 3 aromatic rings. The molecule has 29 heavy (non-hydrogen) atoms. The van der Waals surface area contributed by atoms with Gasteiger partial charge in [0.1, 0.15) is 11.8 Å². The average molecular weight is 388 g/mol. The van der Waals surface area contributed by atoms with E-state index >= 15 is 0 Å². The van der Waals surface area contributed by atoms with Crippen molar-refractivity contribution in [1.29, 1.82) is 5.26 Å². The quantitative estimate of drug-likeness (QED) is 0.683. The number of hydrogen-bond donors (Lipinski definition) is 0. The first-order valence-electron chi connectivity index (χ1n) is 9.34. The maximum atomic E-state index is 12.8. The molecule has 1 fully saturated rings. The Morgan fingerprint density at radius 3 is 2.55 bits per heavy atom. The molecule has 0 aliphatic carbocycles. The number of ether oxygens (including phenoxy) is 1. The normalized spacial score (nSPS) is 13.8. The first-order valence-corrected chi connectivity index (χ1v) is 9.34. The highest BCUT2D eigenvalue weighted by molar-refractivity contribution is 5.94. The Morgan fingerprint density at radius 2 is 1.86 bits per heavy atom. The minimum absolute atomic E-state index is 0.0356. The van der Waals surface area contributed by atoms with Gasteiger partial charge in [-0.15, -0.1) is 0 Å². The number of methoxy groups -OCH3 is 1. The van der Waals surface area contributed by atoms with Crippen LogP contribution in [0.4, 0.5) is 5.88 Å². The summed E-state index contributed by atoms with van der Waals surface area (Å²) < 4.78 is 11.1. The van der Waals surface area contributed by atoms with Crippen LogP contribution in [0.15, 0.2) is 59.0 Å². The molecule has 1 saturated heterocycles. The van der Waals surface area contributed by atoms with Crippen LogP contribution in [-0.2, 0) is 0 Å². The number of carbonyl (C=O) groups excluding carboxylic acids is 1. The molecule has 1 aliphatic heterocycles. The van der Waals surface area contributed by atoms with Gasteiger partial charge >= 0.3 is 0 Å². The van der Waals surface area contributed by atoms with E-state index in [0.717, 1.165) is 5.56 Å². The van der Waals surface area contributed by atoms with Crippen molar-refractivity contribution in [2.45, 2.75) is 0 Å². The lowest BCUT2D eigenvalue weighted by atomic mass is 10.1. The number of anilines is 1. The molecule has 1 aromatic heterocycles. The topological polar surface area (TPSA) is 82.6 Å². The number of hydrogen-bond acceptors (Lipinski definition) is 6. The summed E-state index contributed by atoms with van der Waals surface area (Å²) in [7, 11) is 1.58. The number of piperazine rings is 1. The molecule has 4 rings (SSSR count). The zero-order valence-corrected chi connectivity index (χ0v) is 16.0. The van der Waals surface area contributed by atoms with Gasteiger partial charge < -0.3 is 19.0 Å². The Hall–Kier alpha value is -3.79. The van der Waals surface area contributed by atoms with Gasteiger partial charge in [0.05, 0.1) is 7.11 Å². The van der Waals surface area contributed by atoms with E-state index in [1.807, 2.05) is 41.3 Å². The second-order valence-corrected chi connectivity index (χ2v) is 6.66. The fourth-order valence-corrected chi connectivity index (χ4v) is 3.35. The van der Waals surface area contributed by atoms with Crippen LogP contribution in [0.25, 0.3) is 11.5 Å². The molecule has 7 nitrogen and oxygen atoms in total. The van der Waals surface area contributed by atoms with Crippen LogP contribution in [0, 0.1) is 11.3 Å². The van der Waals surface area contributed by atoms with Gasteiger partial charge in [-0.2, -0.15) is 10.2 Å². The van der Waals surface area contributed by atoms with Crippen molar-refractivity contribution >= 4 is 11.8 Å². The van der Waals surface area contributed by atoms with E-state index < -0.39 is 0 Å². The molecule has 2 heterocycles. The van der Waals surface area contributed by atoms with Crippen molar-refractivity contribution in [1.82, 2.24) is 9.88 Å². The van der Waals surface area contributed by atoms with Crippen LogP contribution in [0.1, 0.15) is 16.1 Å². The van der Waals surface area contributed by atoms with Crippen molar-refractivity contribution in [2.24, 2.45) is 0 Å². The van der Waals surface area contributed by atoms with Crippen LogP contribution < -0.4 is 9.64 Å². The highest BCUT2D eigenvalue weighted by atomic mass is 16.5. The predicted molar refractivity (Wildman–Crippen MR) is 108 cm³/mol. The van der Waals surface area contributed by atoms with Crippen LogP contribution in [0.2, 0.25) is 0 Å². The smallest absolute Gasteiger partial charge is 0.254 e. The Morgan fingerprint density at radius 1 is 1.10 bits per heavy atom. The summed E-state index contributed by atoms with van der Waals surface area (Å²) in [6.45, 7) is 2.19. The van der Waals surface area contributed by atoms with E-state index in [1.54, 1.807) is 30.2 Å². The zero-order chi connectivity index (χ0) is 20.2. The molecule has 0 spiro atoms. The molecular formula is C22H20N4O3. The molecule has 0 N–H and O–H groups in total. The highest BCUT2D eigenvalue weighted by Crippen LogP contribution is 2.29. The molecule has 1 aliphatic rings. The first kappa shape index (κ1) is 18.6. The lowest BCUT2D eigenvalue weighted by Crippen LogP contribution is -2.48. The third-order valence-electron chi connectivity index (χ3n) is 4.91. The molecule has 2 aromatic carbocycles. The predicted octanol–water partition coefficient (Wildman–Crippen LogP) is 3.18. The highest BCUT2D eigenvalue weighted by Gasteiger charge is 2.27. The third-order valence-corrected chi connectivity index (χ3v) is 4.91. The first-order chi connectivity index (χ1) is 14.2. The summed E-state index contributed by atoms with van der Waals surface area (Å²) in [5, 5.41) is 9.47. The van der Waals surface area contributed by atoms with E-state index in [-0.39, 0.29) is 11.6 Å². The van der Waals surface area contributed by atoms with Gasteiger partial charge in [-0.1, -0.05) is 24.3 Å². The second-order valence-electron chi connectivity index (χ2n) is 6.66. The molecule has 0 saturated carbocycles. The molecule has 146 valence electrons. The summed E-state index contributed by atoms with van der Waals surface area (Å²) >= 11 is 0. The van der Waals surface area contributed by atoms with Gasteiger partial charge in [0.2, 0.25) is 17.5 Å². The summed E-state index contributed by atoms with van der Waals surface area (Å²) in [5.74, 6) is 1.50. The number of benzene rings is 2. The fourth-order valence-electron chi connectivity index (χ4n) is 3.35. The van der Waals surface area contributed by atoms with Gasteiger partial charge in [-0.25, -0.2) is 0 Å². The van der Waals surface area contributed by atoms with Crippen molar-refractivity contribution < 1.29 is 13.9 Å². The lowest BCUT2D eigenvalue weighted by Gasteiger charge is -2.34. The number of rotatable bonds is 4. The lowest BCUT2D eigenvalue weighted by molar-refractivity contribution is 0.0745. The van der Waals surface area contributed by atoms with Gasteiger partial charge in [0, 0.05) is 37.3 Å². The summed E-state index contributed by atoms with van der Waals surface area (Å²) in [6.07, 6.45) is 0. The molecular weight excluding hydrogens is 368 g/mol. The SMILES string of the molecule is COc1cccc(C(=O)N2CCN(c3oc(-c4ccccc4)nc3C#N)CC2)c1. The second kappa shape index (κ2) is 8.07. The number of nitrogens with zero attached hydrogens (tertiary/aromatic N) is 4. The summed E-state index contributed by atoms with van der Waals surface area (Å²) in [5.41, 5.74) is 1.68.